The Morgan fingerprint density at radius 1 is 0.955 bits per heavy atom. The van der Waals surface area contributed by atoms with Crippen LogP contribution in [0.4, 0.5) is 0 Å². The molecule has 0 aliphatic carbocycles. The number of thiophene rings is 1. The number of carbonyl (C=O) groups is 1. The molecule has 1 aromatic rings. The van der Waals surface area contributed by atoms with Crippen molar-refractivity contribution in [1.29, 1.82) is 0 Å². The van der Waals surface area contributed by atoms with Gasteiger partial charge in [-0.3, -0.25) is 4.79 Å². The number of carbonyl (C=O) groups excluding carboxylic acids is 1. The third kappa shape index (κ3) is 10.8. The molecule has 0 saturated heterocycles. The van der Waals surface area contributed by atoms with Crippen LogP contribution in [0.15, 0.2) is 17.5 Å². The van der Waals surface area contributed by atoms with Gasteiger partial charge in [0, 0.05) is 11.3 Å². The monoisotopic (exact) mass is 323 g/mol. The SMILES string of the molecule is CCCCCCCCCCCCCC(=O)NCc1cccs1. The van der Waals surface area contributed by atoms with E-state index >= 15 is 0 Å². The Hall–Kier alpha value is -0.830. The van der Waals surface area contributed by atoms with Gasteiger partial charge in [-0.2, -0.15) is 0 Å². The zero-order valence-corrected chi connectivity index (χ0v) is 15.1. The molecule has 1 rings (SSSR count). The van der Waals surface area contributed by atoms with Gasteiger partial charge in [0.15, 0.2) is 0 Å². The Morgan fingerprint density at radius 3 is 2.09 bits per heavy atom. The first kappa shape index (κ1) is 19.2. The molecule has 0 saturated carbocycles. The zero-order chi connectivity index (χ0) is 15.9. The van der Waals surface area contributed by atoms with E-state index in [1.165, 1.54) is 69.1 Å². The summed E-state index contributed by atoms with van der Waals surface area (Å²) < 4.78 is 0. The minimum absolute atomic E-state index is 0.198. The maximum atomic E-state index is 11.7. The highest BCUT2D eigenvalue weighted by Gasteiger charge is 2.01. The fourth-order valence-corrected chi connectivity index (χ4v) is 3.28. The molecule has 0 unspecified atom stereocenters. The maximum Gasteiger partial charge on any atom is 0.220 e. The standard InChI is InChI=1S/C19H33NOS/c1-2-3-4-5-6-7-8-9-10-11-12-15-19(21)20-17-18-14-13-16-22-18/h13-14,16H,2-12,15,17H2,1H3,(H,20,21). The normalized spacial score (nSPS) is 10.8. The molecule has 0 aromatic carbocycles. The third-order valence-electron chi connectivity index (χ3n) is 4.05. The summed E-state index contributed by atoms with van der Waals surface area (Å²) in [6, 6.07) is 4.09. The second-order valence-electron chi connectivity index (χ2n) is 6.14. The minimum Gasteiger partial charge on any atom is -0.351 e. The van der Waals surface area contributed by atoms with E-state index in [0.29, 0.717) is 13.0 Å². The Bertz CT molecular complexity index is 362. The van der Waals surface area contributed by atoms with Gasteiger partial charge in [-0.1, -0.05) is 77.2 Å². The summed E-state index contributed by atoms with van der Waals surface area (Å²) in [5, 5.41) is 5.04. The Balaban J connectivity index is 1.80. The van der Waals surface area contributed by atoms with E-state index in [1.54, 1.807) is 11.3 Å². The Labute approximate surface area is 140 Å². The highest BCUT2D eigenvalue weighted by molar-refractivity contribution is 7.09. The van der Waals surface area contributed by atoms with Gasteiger partial charge >= 0.3 is 0 Å². The van der Waals surface area contributed by atoms with E-state index in [2.05, 4.69) is 18.3 Å². The van der Waals surface area contributed by atoms with Gasteiger partial charge in [-0.25, -0.2) is 0 Å². The molecular formula is C19H33NOS. The Kier molecular flexibility index (Phi) is 12.1. The van der Waals surface area contributed by atoms with Crippen LogP contribution in [-0.2, 0) is 11.3 Å². The first-order chi connectivity index (χ1) is 10.8. The van der Waals surface area contributed by atoms with Crippen LogP contribution in [0, 0.1) is 0 Å². The number of unbranched alkanes of at least 4 members (excludes halogenated alkanes) is 10. The van der Waals surface area contributed by atoms with Crippen molar-refractivity contribution in [2.24, 2.45) is 0 Å². The van der Waals surface area contributed by atoms with E-state index in [0.717, 1.165) is 6.42 Å². The number of amides is 1. The molecule has 1 N–H and O–H groups in total. The van der Waals surface area contributed by atoms with Crippen molar-refractivity contribution in [3.05, 3.63) is 22.4 Å². The number of hydrogen-bond acceptors (Lipinski definition) is 2. The van der Waals surface area contributed by atoms with E-state index < -0.39 is 0 Å². The molecule has 0 radical (unpaired) electrons. The van der Waals surface area contributed by atoms with Crippen molar-refractivity contribution in [3.63, 3.8) is 0 Å². The van der Waals surface area contributed by atoms with Gasteiger partial charge in [0.25, 0.3) is 0 Å². The molecule has 1 aromatic heterocycles. The summed E-state index contributed by atoms with van der Waals surface area (Å²) in [7, 11) is 0. The van der Waals surface area contributed by atoms with Gasteiger partial charge in [0.1, 0.15) is 0 Å². The molecule has 2 nitrogen and oxygen atoms in total. The average molecular weight is 324 g/mol. The lowest BCUT2D eigenvalue weighted by Crippen LogP contribution is -2.21. The van der Waals surface area contributed by atoms with Crippen molar-refractivity contribution < 1.29 is 4.79 Å². The van der Waals surface area contributed by atoms with E-state index in [9.17, 15) is 4.79 Å². The highest BCUT2D eigenvalue weighted by atomic mass is 32.1. The van der Waals surface area contributed by atoms with Crippen LogP contribution in [0.3, 0.4) is 0 Å². The largest absolute Gasteiger partial charge is 0.351 e. The lowest BCUT2D eigenvalue weighted by atomic mass is 10.1. The third-order valence-corrected chi connectivity index (χ3v) is 4.92. The quantitative estimate of drug-likeness (QED) is 0.414. The van der Waals surface area contributed by atoms with Crippen molar-refractivity contribution in [2.45, 2.75) is 90.5 Å². The van der Waals surface area contributed by atoms with E-state index in [1.807, 2.05) is 11.4 Å². The van der Waals surface area contributed by atoms with Crippen LogP contribution in [-0.4, -0.2) is 5.91 Å². The molecule has 22 heavy (non-hydrogen) atoms. The Morgan fingerprint density at radius 2 is 1.55 bits per heavy atom. The molecule has 0 aliphatic heterocycles. The van der Waals surface area contributed by atoms with E-state index in [4.69, 9.17) is 0 Å². The van der Waals surface area contributed by atoms with Crippen LogP contribution in [0.1, 0.15) is 88.9 Å². The smallest absolute Gasteiger partial charge is 0.220 e. The van der Waals surface area contributed by atoms with Crippen molar-refractivity contribution in [3.8, 4) is 0 Å². The molecule has 0 bridgehead atoms. The van der Waals surface area contributed by atoms with Crippen LogP contribution >= 0.6 is 11.3 Å². The molecule has 0 fully saturated rings. The van der Waals surface area contributed by atoms with Crippen LogP contribution in [0.2, 0.25) is 0 Å². The van der Waals surface area contributed by atoms with Crippen LogP contribution in [0.25, 0.3) is 0 Å². The second-order valence-corrected chi connectivity index (χ2v) is 7.17. The number of nitrogens with one attached hydrogen (secondary N) is 1. The summed E-state index contributed by atoms with van der Waals surface area (Å²) in [6.07, 6.45) is 15.3. The van der Waals surface area contributed by atoms with Gasteiger partial charge in [-0.15, -0.1) is 11.3 Å². The zero-order valence-electron chi connectivity index (χ0n) is 14.2. The molecule has 3 heteroatoms. The second kappa shape index (κ2) is 13.8. The topological polar surface area (TPSA) is 29.1 Å². The summed E-state index contributed by atoms with van der Waals surface area (Å²) in [5.41, 5.74) is 0. The van der Waals surface area contributed by atoms with Gasteiger partial charge in [-0.05, 0) is 17.9 Å². The minimum atomic E-state index is 0.198. The summed E-state index contributed by atoms with van der Waals surface area (Å²) >= 11 is 1.70. The molecule has 126 valence electrons. The van der Waals surface area contributed by atoms with Crippen LogP contribution in [0.5, 0.6) is 0 Å². The maximum absolute atomic E-state index is 11.7. The van der Waals surface area contributed by atoms with Crippen molar-refractivity contribution in [2.75, 3.05) is 0 Å². The van der Waals surface area contributed by atoms with Gasteiger partial charge in [0.2, 0.25) is 5.91 Å². The number of hydrogen-bond donors (Lipinski definition) is 1. The highest BCUT2D eigenvalue weighted by Crippen LogP contribution is 2.12. The lowest BCUT2D eigenvalue weighted by molar-refractivity contribution is -0.121. The first-order valence-corrected chi connectivity index (χ1v) is 10.00. The average Bonchev–Trinajstić information content (AvgIpc) is 3.04. The summed E-state index contributed by atoms with van der Waals surface area (Å²) in [4.78, 5) is 12.9. The predicted molar refractivity (Wildman–Crippen MR) is 97.2 cm³/mol. The lowest BCUT2D eigenvalue weighted by Gasteiger charge is -2.04. The molecule has 0 spiro atoms. The number of rotatable bonds is 14. The van der Waals surface area contributed by atoms with Gasteiger partial charge < -0.3 is 5.32 Å². The summed E-state index contributed by atoms with van der Waals surface area (Å²) in [6.45, 7) is 2.96. The molecule has 1 amide bonds. The van der Waals surface area contributed by atoms with Crippen molar-refractivity contribution in [1.82, 2.24) is 5.32 Å². The molecule has 1 heterocycles. The van der Waals surface area contributed by atoms with E-state index in [-0.39, 0.29) is 5.91 Å². The predicted octanol–water partition coefficient (Wildman–Crippen LogP) is 6.07. The molecule has 0 atom stereocenters. The van der Waals surface area contributed by atoms with Gasteiger partial charge in [0.05, 0.1) is 6.54 Å². The summed E-state index contributed by atoms with van der Waals surface area (Å²) in [5.74, 6) is 0.198. The van der Waals surface area contributed by atoms with Crippen molar-refractivity contribution >= 4 is 17.2 Å². The fraction of sp³-hybridized carbons (Fsp3) is 0.737. The fourth-order valence-electron chi connectivity index (χ4n) is 2.64. The molecular weight excluding hydrogens is 290 g/mol. The molecule has 0 aliphatic rings. The first-order valence-electron chi connectivity index (χ1n) is 9.12. The van der Waals surface area contributed by atoms with Crippen LogP contribution < -0.4 is 5.32 Å².